The van der Waals surface area contributed by atoms with Gasteiger partial charge in [-0.3, -0.25) is 0 Å². The van der Waals surface area contributed by atoms with E-state index in [0.717, 1.165) is 0 Å². The molecule has 0 aliphatic heterocycles. The van der Waals surface area contributed by atoms with Gasteiger partial charge in [-0.15, -0.1) is 0 Å². The molecule has 0 aliphatic rings. The summed E-state index contributed by atoms with van der Waals surface area (Å²) in [5, 5.41) is 13.8. The van der Waals surface area contributed by atoms with E-state index < -0.39 is 0 Å². The van der Waals surface area contributed by atoms with E-state index in [0.29, 0.717) is 11.3 Å². The molecule has 0 bridgehead atoms. The third-order valence-corrected chi connectivity index (χ3v) is 1.68. The number of amides is 2. The second-order valence-corrected chi connectivity index (χ2v) is 2.76. The first-order valence-electron chi connectivity index (χ1n) is 4.45. The number of nitriles is 1. The van der Waals surface area contributed by atoms with Crippen LogP contribution in [0.1, 0.15) is 12.5 Å². The van der Waals surface area contributed by atoms with Gasteiger partial charge in [0.05, 0.1) is 11.3 Å². The lowest BCUT2D eigenvalue weighted by atomic mass is 10.2. The predicted octanol–water partition coefficient (Wildman–Crippen LogP) is 2.21. The normalized spacial score (nSPS) is 9.60. The number of nitrogens with zero attached hydrogens (tertiary/aromatic N) is 1. The van der Waals surface area contributed by atoms with E-state index in [-0.39, 0.29) is 6.03 Å². The molecule has 4 nitrogen and oxygen atoms in total. The molecule has 0 unspecified atom stereocenters. The van der Waals surface area contributed by atoms with Crippen LogP contribution >= 0.6 is 0 Å². The number of para-hydroxylation sites is 1. The van der Waals surface area contributed by atoms with E-state index in [2.05, 4.69) is 10.6 Å². The van der Waals surface area contributed by atoms with E-state index >= 15 is 0 Å². The predicted molar refractivity (Wildman–Crippen MR) is 58.1 cm³/mol. The molecule has 2 amide bonds. The number of carbonyl (C=O) groups is 1. The molecule has 15 heavy (non-hydrogen) atoms. The summed E-state index contributed by atoms with van der Waals surface area (Å²) in [7, 11) is 0. The summed E-state index contributed by atoms with van der Waals surface area (Å²) in [6, 6.07) is 8.45. The van der Waals surface area contributed by atoms with Crippen molar-refractivity contribution in [2.45, 2.75) is 6.92 Å². The first-order valence-corrected chi connectivity index (χ1v) is 4.45. The van der Waals surface area contributed by atoms with Gasteiger partial charge < -0.3 is 10.6 Å². The first kappa shape index (κ1) is 10.8. The van der Waals surface area contributed by atoms with E-state index in [1.165, 1.54) is 6.20 Å². The van der Waals surface area contributed by atoms with Gasteiger partial charge in [-0.25, -0.2) is 4.79 Å². The van der Waals surface area contributed by atoms with Gasteiger partial charge in [0.2, 0.25) is 0 Å². The molecule has 0 saturated heterocycles. The van der Waals surface area contributed by atoms with Crippen LogP contribution in [-0.4, -0.2) is 6.03 Å². The van der Waals surface area contributed by atoms with Gasteiger partial charge in [-0.1, -0.05) is 18.2 Å². The third kappa shape index (κ3) is 3.16. The fraction of sp³-hybridized carbons (Fsp3) is 0.0909. The van der Waals surface area contributed by atoms with Gasteiger partial charge >= 0.3 is 6.03 Å². The van der Waals surface area contributed by atoms with Crippen LogP contribution in [0, 0.1) is 11.3 Å². The largest absolute Gasteiger partial charge is 0.323 e. The van der Waals surface area contributed by atoms with Crippen molar-refractivity contribution in [1.29, 1.82) is 5.26 Å². The van der Waals surface area contributed by atoms with Crippen molar-refractivity contribution in [3.05, 3.63) is 42.1 Å². The van der Waals surface area contributed by atoms with Crippen LogP contribution in [0.4, 0.5) is 10.5 Å². The zero-order valence-electron chi connectivity index (χ0n) is 8.32. The molecule has 76 valence electrons. The van der Waals surface area contributed by atoms with Crippen LogP contribution in [0.25, 0.3) is 0 Å². The quantitative estimate of drug-likeness (QED) is 0.770. The Bertz CT molecular complexity index is 418. The Hall–Kier alpha value is -2.28. The average molecular weight is 201 g/mol. The molecule has 0 fully saturated rings. The lowest BCUT2D eigenvalue weighted by Crippen LogP contribution is -2.24. The van der Waals surface area contributed by atoms with Gasteiger partial charge in [-0.2, -0.15) is 5.26 Å². The standard InChI is InChI=1S/C11H11N3O/c1-2-7-13-11(15)14-10-6-4-3-5-9(10)8-12/h2-7H,1H3,(H2,13,14,15)/b7-2+. The fourth-order valence-corrected chi connectivity index (χ4v) is 1.01. The maximum atomic E-state index is 11.3. The van der Waals surface area contributed by atoms with Gasteiger partial charge in [0.15, 0.2) is 0 Å². The van der Waals surface area contributed by atoms with Crippen molar-refractivity contribution < 1.29 is 4.79 Å². The van der Waals surface area contributed by atoms with Crippen LogP contribution in [0.3, 0.4) is 0 Å². The highest BCUT2D eigenvalue weighted by molar-refractivity contribution is 5.91. The Morgan fingerprint density at radius 1 is 1.47 bits per heavy atom. The summed E-state index contributed by atoms with van der Waals surface area (Å²) >= 11 is 0. The molecule has 0 atom stereocenters. The van der Waals surface area contributed by atoms with Crippen molar-refractivity contribution in [3.8, 4) is 6.07 Å². The average Bonchev–Trinajstić information content (AvgIpc) is 2.27. The Morgan fingerprint density at radius 3 is 2.87 bits per heavy atom. The number of hydrogen-bond acceptors (Lipinski definition) is 2. The number of urea groups is 1. The molecule has 2 N–H and O–H groups in total. The highest BCUT2D eigenvalue weighted by atomic mass is 16.2. The van der Waals surface area contributed by atoms with E-state index in [4.69, 9.17) is 5.26 Å². The molecule has 0 spiro atoms. The van der Waals surface area contributed by atoms with E-state index in [1.807, 2.05) is 6.07 Å². The van der Waals surface area contributed by atoms with Crippen LogP contribution in [-0.2, 0) is 0 Å². The fourth-order valence-electron chi connectivity index (χ4n) is 1.01. The maximum Gasteiger partial charge on any atom is 0.323 e. The topological polar surface area (TPSA) is 64.9 Å². The Balaban J connectivity index is 2.72. The summed E-state index contributed by atoms with van der Waals surface area (Å²) in [6.45, 7) is 1.80. The lowest BCUT2D eigenvalue weighted by molar-refractivity contribution is 0.255. The minimum atomic E-state index is -0.365. The molecule has 0 radical (unpaired) electrons. The van der Waals surface area contributed by atoms with Gasteiger partial charge in [0, 0.05) is 6.20 Å². The molecular formula is C11H11N3O. The maximum absolute atomic E-state index is 11.3. The minimum Gasteiger partial charge on any atom is -0.315 e. The Morgan fingerprint density at radius 2 is 2.20 bits per heavy atom. The van der Waals surface area contributed by atoms with Crippen LogP contribution in [0.15, 0.2) is 36.5 Å². The zero-order chi connectivity index (χ0) is 11.1. The van der Waals surface area contributed by atoms with Crippen molar-refractivity contribution in [3.63, 3.8) is 0 Å². The molecule has 1 rings (SSSR count). The lowest BCUT2D eigenvalue weighted by Gasteiger charge is -2.05. The number of carbonyl (C=O) groups excluding carboxylic acids is 1. The molecule has 0 aromatic heterocycles. The molecule has 4 heteroatoms. The molecular weight excluding hydrogens is 190 g/mol. The molecule has 0 aliphatic carbocycles. The van der Waals surface area contributed by atoms with Crippen molar-refractivity contribution >= 4 is 11.7 Å². The SMILES string of the molecule is C/C=C/NC(=O)Nc1ccccc1C#N. The van der Waals surface area contributed by atoms with E-state index in [9.17, 15) is 4.79 Å². The Labute approximate surface area is 88.2 Å². The van der Waals surface area contributed by atoms with Crippen molar-refractivity contribution in [2.24, 2.45) is 0 Å². The van der Waals surface area contributed by atoms with Crippen LogP contribution in [0.5, 0.6) is 0 Å². The number of hydrogen-bond donors (Lipinski definition) is 2. The van der Waals surface area contributed by atoms with Gasteiger partial charge in [0.1, 0.15) is 6.07 Å². The highest BCUT2D eigenvalue weighted by Crippen LogP contribution is 2.12. The molecule has 0 saturated carbocycles. The molecule has 0 heterocycles. The smallest absolute Gasteiger partial charge is 0.315 e. The zero-order valence-corrected chi connectivity index (χ0v) is 8.32. The van der Waals surface area contributed by atoms with Gasteiger partial charge in [-0.05, 0) is 19.1 Å². The number of allylic oxidation sites excluding steroid dienone is 1. The number of nitrogens with one attached hydrogen (secondary N) is 2. The number of rotatable bonds is 2. The minimum absolute atomic E-state index is 0.365. The second kappa shape index (κ2) is 5.45. The number of benzene rings is 1. The third-order valence-electron chi connectivity index (χ3n) is 1.68. The molecule has 1 aromatic rings. The Kier molecular flexibility index (Phi) is 3.92. The second-order valence-electron chi connectivity index (χ2n) is 2.76. The first-order chi connectivity index (χ1) is 7.27. The summed E-state index contributed by atoms with van der Waals surface area (Å²) < 4.78 is 0. The molecule has 1 aromatic carbocycles. The summed E-state index contributed by atoms with van der Waals surface area (Å²) in [5.74, 6) is 0. The highest BCUT2D eigenvalue weighted by Gasteiger charge is 2.03. The monoisotopic (exact) mass is 201 g/mol. The summed E-state index contributed by atoms with van der Waals surface area (Å²) in [5.41, 5.74) is 0.940. The van der Waals surface area contributed by atoms with Crippen LogP contribution in [0.2, 0.25) is 0 Å². The van der Waals surface area contributed by atoms with Crippen LogP contribution < -0.4 is 10.6 Å². The van der Waals surface area contributed by atoms with Gasteiger partial charge in [0.25, 0.3) is 0 Å². The van der Waals surface area contributed by atoms with Crippen molar-refractivity contribution in [1.82, 2.24) is 5.32 Å². The number of anilines is 1. The van der Waals surface area contributed by atoms with E-state index in [1.54, 1.807) is 37.3 Å². The summed E-state index contributed by atoms with van der Waals surface area (Å²) in [6.07, 6.45) is 3.22. The van der Waals surface area contributed by atoms with Crippen molar-refractivity contribution in [2.75, 3.05) is 5.32 Å². The summed E-state index contributed by atoms with van der Waals surface area (Å²) in [4.78, 5) is 11.3.